The minimum Gasteiger partial charge on any atom is -0.462 e. The summed E-state index contributed by atoms with van der Waals surface area (Å²) in [5, 5.41) is 0. The lowest BCUT2D eigenvalue weighted by Crippen LogP contribution is -2.37. The van der Waals surface area contributed by atoms with Crippen LogP contribution < -0.4 is 0 Å². The molecule has 0 aromatic carbocycles. The second kappa shape index (κ2) is 39.0. The van der Waals surface area contributed by atoms with E-state index in [0.29, 0.717) is 17.4 Å². The molecule has 0 heterocycles. The van der Waals surface area contributed by atoms with Crippen LogP contribution in [0.4, 0.5) is 0 Å². The van der Waals surface area contributed by atoms with E-state index in [1.807, 2.05) is 21.1 Å². The van der Waals surface area contributed by atoms with Gasteiger partial charge in [-0.1, -0.05) is 160 Å². The Labute approximate surface area is 345 Å². The van der Waals surface area contributed by atoms with Gasteiger partial charge in [-0.25, -0.2) is 4.57 Å². The second-order valence-electron chi connectivity index (χ2n) is 16.8. The number of unbranched alkanes of at least 4 members (excludes halogenated alkanes) is 24. The molecular weight excluding hydrogens is 725 g/mol. The highest BCUT2D eigenvalue weighted by Gasteiger charge is 2.27. The van der Waals surface area contributed by atoms with Gasteiger partial charge in [0, 0.05) is 12.8 Å². The van der Waals surface area contributed by atoms with Gasteiger partial charge in [0.25, 0.3) is 0 Å². The summed E-state index contributed by atoms with van der Waals surface area (Å²) in [7, 11) is 1.48. The second-order valence-corrected chi connectivity index (χ2v) is 18.2. The molecule has 0 aliphatic rings. The first-order valence-corrected chi connectivity index (χ1v) is 24.6. The molecule has 1 N–H and O–H groups in total. The van der Waals surface area contributed by atoms with Crippen LogP contribution in [0.5, 0.6) is 0 Å². The molecule has 0 amide bonds. The van der Waals surface area contributed by atoms with Gasteiger partial charge in [0.05, 0.1) is 27.7 Å². The van der Waals surface area contributed by atoms with Crippen molar-refractivity contribution >= 4 is 19.8 Å². The lowest BCUT2D eigenvalue weighted by atomic mass is 10.1. The lowest BCUT2D eigenvalue weighted by Gasteiger charge is -2.24. The van der Waals surface area contributed by atoms with Crippen LogP contribution in [0, 0.1) is 0 Å². The Kier molecular flexibility index (Phi) is 37.9. The normalized spacial score (nSPS) is 13.8. The fourth-order valence-corrected chi connectivity index (χ4v) is 7.03. The third-order valence-electron chi connectivity index (χ3n) is 9.95. The van der Waals surface area contributed by atoms with E-state index in [1.165, 1.54) is 135 Å². The van der Waals surface area contributed by atoms with Crippen LogP contribution in [-0.2, 0) is 32.7 Å². The van der Waals surface area contributed by atoms with Gasteiger partial charge in [-0.2, -0.15) is 0 Å². The number of carbonyl (C=O) groups is 2. The first kappa shape index (κ1) is 54.5. The number of hydrogen-bond acceptors (Lipinski definition) is 7. The Balaban J connectivity index is 4.31. The molecular formula is C46H89NO8P+. The SMILES string of the molecule is CCCC/C=C/CCCCCCCCCCCC(=O)OC[C@H](COP(=O)(O)OCC[N+](C)(C)C)OC(=O)CCCCCCCCCCC/C=C/CCCCCC. The standard InChI is InChI=1S/C46H88NO8P/c1-6-8-10-12-14-16-18-20-22-23-25-27-29-31-33-35-37-39-46(49)55-44(43-54-56(50,51)53-41-40-47(3,4)5)42-52-45(48)38-36-34-32-30-28-26-24-21-19-17-15-13-11-9-7-2/h13,15-16,18,44H,6-12,14,17,19-43H2,1-5H3/p+1/b15-13+,18-16+/t44-/m1/s1. The van der Waals surface area contributed by atoms with Crippen molar-refractivity contribution in [2.45, 2.75) is 213 Å². The van der Waals surface area contributed by atoms with Gasteiger partial charge in [0.1, 0.15) is 19.8 Å². The molecule has 2 atom stereocenters. The number of ether oxygens (including phenoxy) is 2. The first-order valence-electron chi connectivity index (χ1n) is 23.1. The van der Waals surface area contributed by atoms with Crippen molar-refractivity contribution in [1.29, 1.82) is 0 Å². The molecule has 0 radical (unpaired) electrons. The molecule has 0 aliphatic carbocycles. The van der Waals surface area contributed by atoms with Gasteiger partial charge in [0.2, 0.25) is 0 Å². The number of phosphoric ester groups is 1. The summed E-state index contributed by atoms with van der Waals surface area (Å²) in [5.74, 6) is -0.797. The highest BCUT2D eigenvalue weighted by atomic mass is 31.2. The smallest absolute Gasteiger partial charge is 0.462 e. The van der Waals surface area contributed by atoms with E-state index >= 15 is 0 Å². The maximum Gasteiger partial charge on any atom is 0.472 e. The number of nitrogens with zero attached hydrogens (tertiary/aromatic N) is 1. The van der Waals surface area contributed by atoms with E-state index in [4.69, 9.17) is 18.5 Å². The van der Waals surface area contributed by atoms with Crippen molar-refractivity contribution in [2.24, 2.45) is 0 Å². The number of carbonyl (C=O) groups excluding carboxylic acids is 2. The maximum absolute atomic E-state index is 12.7. The van der Waals surface area contributed by atoms with Gasteiger partial charge in [-0.15, -0.1) is 0 Å². The lowest BCUT2D eigenvalue weighted by molar-refractivity contribution is -0.870. The van der Waals surface area contributed by atoms with Crippen molar-refractivity contribution in [3.63, 3.8) is 0 Å². The predicted molar refractivity (Wildman–Crippen MR) is 234 cm³/mol. The summed E-state index contributed by atoms with van der Waals surface area (Å²) in [6, 6.07) is 0. The van der Waals surface area contributed by atoms with Crippen molar-refractivity contribution in [3.8, 4) is 0 Å². The van der Waals surface area contributed by atoms with E-state index in [0.717, 1.165) is 38.5 Å². The molecule has 1 unspecified atom stereocenters. The van der Waals surface area contributed by atoms with Crippen molar-refractivity contribution in [1.82, 2.24) is 0 Å². The van der Waals surface area contributed by atoms with E-state index < -0.39 is 26.5 Å². The molecule has 56 heavy (non-hydrogen) atoms. The Bertz CT molecular complexity index is 1010. The van der Waals surface area contributed by atoms with E-state index in [2.05, 4.69) is 38.2 Å². The van der Waals surface area contributed by atoms with Crippen molar-refractivity contribution in [3.05, 3.63) is 24.3 Å². The minimum atomic E-state index is -4.37. The monoisotopic (exact) mass is 815 g/mol. The summed E-state index contributed by atoms with van der Waals surface area (Å²) in [6.45, 7) is 4.40. The highest BCUT2D eigenvalue weighted by molar-refractivity contribution is 7.47. The molecule has 0 saturated carbocycles. The average Bonchev–Trinajstić information content (AvgIpc) is 3.15. The van der Waals surface area contributed by atoms with Crippen LogP contribution in [0.25, 0.3) is 0 Å². The third kappa shape index (κ3) is 42.1. The fraction of sp³-hybridized carbons (Fsp3) is 0.870. The van der Waals surface area contributed by atoms with Gasteiger partial charge >= 0.3 is 19.8 Å². The molecule has 0 fully saturated rings. The zero-order valence-corrected chi connectivity index (χ0v) is 38.0. The summed E-state index contributed by atoms with van der Waals surface area (Å²) in [5.41, 5.74) is 0. The molecule has 9 nitrogen and oxygen atoms in total. The number of likely N-dealkylation sites (N-methyl/N-ethyl adjacent to an activating group) is 1. The minimum absolute atomic E-state index is 0.0324. The van der Waals surface area contributed by atoms with E-state index in [-0.39, 0.29) is 32.0 Å². The molecule has 0 spiro atoms. The summed E-state index contributed by atoms with van der Waals surface area (Å²) >= 11 is 0. The highest BCUT2D eigenvalue weighted by Crippen LogP contribution is 2.43. The van der Waals surface area contributed by atoms with Gasteiger partial charge < -0.3 is 18.9 Å². The maximum atomic E-state index is 12.7. The van der Waals surface area contributed by atoms with Gasteiger partial charge in [-0.3, -0.25) is 18.6 Å². The number of esters is 2. The zero-order valence-electron chi connectivity index (χ0n) is 37.1. The van der Waals surface area contributed by atoms with Crippen molar-refractivity contribution in [2.75, 3.05) is 47.5 Å². The van der Waals surface area contributed by atoms with Crippen LogP contribution in [0.1, 0.15) is 206 Å². The van der Waals surface area contributed by atoms with E-state index in [1.54, 1.807) is 0 Å². The third-order valence-corrected chi connectivity index (χ3v) is 10.9. The Morgan fingerprint density at radius 1 is 0.536 bits per heavy atom. The van der Waals surface area contributed by atoms with Crippen LogP contribution in [0.2, 0.25) is 0 Å². The number of quaternary nitrogens is 1. The molecule has 0 aromatic rings. The van der Waals surface area contributed by atoms with Crippen LogP contribution in [0.3, 0.4) is 0 Å². The summed E-state index contributed by atoms with van der Waals surface area (Å²) < 4.78 is 34.3. The number of allylic oxidation sites excluding steroid dienone is 4. The summed E-state index contributed by atoms with van der Waals surface area (Å²) in [4.78, 5) is 35.4. The molecule has 0 bridgehead atoms. The van der Waals surface area contributed by atoms with E-state index in [9.17, 15) is 19.0 Å². The Morgan fingerprint density at radius 3 is 1.38 bits per heavy atom. The van der Waals surface area contributed by atoms with Crippen molar-refractivity contribution < 1.29 is 42.1 Å². The van der Waals surface area contributed by atoms with Gasteiger partial charge in [0.15, 0.2) is 6.10 Å². The molecule has 0 rings (SSSR count). The fourth-order valence-electron chi connectivity index (χ4n) is 6.28. The largest absolute Gasteiger partial charge is 0.472 e. The van der Waals surface area contributed by atoms with Crippen LogP contribution in [0.15, 0.2) is 24.3 Å². The average molecular weight is 815 g/mol. The Hall–Kier alpha value is -1.51. The number of phosphoric acid groups is 1. The molecule has 0 saturated heterocycles. The van der Waals surface area contributed by atoms with Gasteiger partial charge in [-0.05, 0) is 57.8 Å². The molecule has 0 aromatic heterocycles. The molecule has 10 heteroatoms. The van der Waals surface area contributed by atoms with Crippen LogP contribution in [-0.4, -0.2) is 74.9 Å². The quantitative estimate of drug-likeness (QED) is 0.0213. The number of rotatable bonds is 42. The zero-order chi connectivity index (χ0) is 41.4. The summed E-state index contributed by atoms with van der Waals surface area (Å²) in [6.07, 6.45) is 42.1. The first-order chi connectivity index (χ1) is 27.0. The van der Waals surface area contributed by atoms with Crippen LogP contribution >= 0.6 is 7.82 Å². The molecule has 0 aliphatic heterocycles. The number of hydrogen-bond donors (Lipinski definition) is 1. The molecule has 330 valence electrons. The topological polar surface area (TPSA) is 108 Å². The predicted octanol–water partition coefficient (Wildman–Crippen LogP) is 13.1. The Morgan fingerprint density at radius 2 is 0.929 bits per heavy atom.